The van der Waals surface area contributed by atoms with E-state index in [1.54, 1.807) is 11.8 Å². The lowest BCUT2D eigenvalue weighted by molar-refractivity contribution is -0.149. The first-order valence-electron chi connectivity index (χ1n) is 12.0. The molecule has 7 heteroatoms. The molecule has 1 aliphatic heterocycles. The van der Waals surface area contributed by atoms with E-state index in [0.717, 1.165) is 19.4 Å². The third-order valence-electron chi connectivity index (χ3n) is 6.48. The van der Waals surface area contributed by atoms with Gasteiger partial charge in [-0.05, 0) is 45.1 Å². The molecule has 0 saturated carbocycles. The highest BCUT2D eigenvalue weighted by atomic mass is 16.5. The second kappa shape index (κ2) is 11.5. The van der Waals surface area contributed by atoms with Crippen LogP contribution in [0.1, 0.15) is 68.0 Å². The minimum Gasteiger partial charge on any atom is -0.466 e. The predicted molar refractivity (Wildman–Crippen MR) is 126 cm³/mol. The van der Waals surface area contributed by atoms with Crippen LogP contribution in [0, 0.1) is 18.8 Å². The van der Waals surface area contributed by atoms with Gasteiger partial charge in [0.15, 0.2) is 5.69 Å². The Hall–Kier alpha value is -2.67. The Bertz CT molecular complexity index is 922. The molecule has 180 valence electrons. The van der Waals surface area contributed by atoms with E-state index in [1.165, 1.54) is 17.4 Å². The fourth-order valence-corrected chi connectivity index (χ4v) is 4.13. The third-order valence-corrected chi connectivity index (χ3v) is 6.48. The van der Waals surface area contributed by atoms with Gasteiger partial charge in [-0.2, -0.15) is 0 Å². The Morgan fingerprint density at radius 3 is 2.61 bits per heavy atom. The fourth-order valence-electron chi connectivity index (χ4n) is 4.13. The molecular weight excluding hydrogens is 418 g/mol. The lowest BCUT2D eigenvalue weighted by Gasteiger charge is -2.31. The molecule has 7 nitrogen and oxygen atoms in total. The molecule has 0 spiro atoms. The SMILES string of the molecule is CCOC(=O)C1CCCN(C(=O)c2coc(CN(Cc3ccc(C)cc3)C(C)C(C)C)n2)C1. The van der Waals surface area contributed by atoms with Gasteiger partial charge in [-0.3, -0.25) is 14.5 Å². The van der Waals surface area contributed by atoms with Crippen LogP contribution in [-0.4, -0.2) is 52.4 Å². The van der Waals surface area contributed by atoms with Crippen LogP contribution in [0.15, 0.2) is 34.9 Å². The van der Waals surface area contributed by atoms with E-state index in [2.05, 4.69) is 61.8 Å². The van der Waals surface area contributed by atoms with Crippen molar-refractivity contribution in [3.8, 4) is 0 Å². The van der Waals surface area contributed by atoms with Gasteiger partial charge >= 0.3 is 5.97 Å². The normalized spacial score (nSPS) is 17.4. The Morgan fingerprint density at radius 2 is 1.94 bits per heavy atom. The summed E-state index contributed by atoms with van der Waals surface area (Å²) in [5, 5.41) is 0. The molecular formula is C26H37N3O4. The van der Waals surface area contributed by atoms with Gasteiger partial charge in [-0.1, -0.05) is 43.7 Å². The van der Waals surface area contributed by atoms with Crippen molar-refractivity contribution in [2.24, 2.45) is 11.8 Å². The lowest BCUT2D eigenvalue weighted by Crippen LogP contribution is -2.43. The van der Waals surface area contributed by atoms with Crippen LogP contribution in [0.3, 0.4) is 0 Å². The topological polar surface area (TPSA) is 75.9 Å². The average Bonchev–Trinajstić information content (AvgIpc) is 3.27. The molecule has 1 aliphatic rings. The Labute approximate surface area is 197 Å². The summed E-state index contributed by atoms with van der Waals surface area (Å²) in [5.41, 5.74) is 2.76. The number of nitrogens with zero attached hydrogens (tertiary/aromatic N) is 3. The van der Waals surface area contributed by atoms with Crippen LogP contribution in [0.2, 0.25) is 0 Å². The quantitative estimate of drug-likeness (QED) is 0.520. The van der Waals surface area contributed by atoms with Crippen molar-refractivity contribution in [3.05, 3.63) is 53.2 Å². The van der Waals surface area contributed by atoms with E-state index in [-0.39, 0.29) is 17.8 Å². The number of piperidine rings is 1. The van der Waals surface area contributed by atoms with Crippen molar-refractivity contribution in [3.63, 3.8) is 0 Å². The lowest BCUT2D eigenvalue weighted by atomic mass is 9.98. The number of benzene rings is 1. The molecule has 0 bridgehead atoms. The maximum atomic E-state index is 13.0. The Morgan fingerprint density at radius 1 is 1.21 bits per heavy atom. The van der Waals surface area contributed by atoms with E-state index in [4.69, 9.17) is 9.15 Å². The predicted octanol–water partition coefficient (Wildman–Crippen LogP) is 4.45. The van der Waals surface area contributed by atoms with Gasteiger partial charge in [0, 0.05) is 25.7 Å². The first-order valence-corrected chi connectivity index (χ1v) is 12.0. The van der Waals surface area contributed by atoms with Crippen molar-refractivity contribution < 1.29 is 18.7 Å². The van der Waals surface area contributed by atoms with Crippen molar-refractivity contribution in [2.75, 3.05) is 19.7 Å². The molecule has 1 aromatic carbocycles. The number of ether oxygens (including phenoxy) is 1. The number of carbonyl (C=O) groups excluding carboxylic acids is 2. The fraction of sp³-hybridized carbons (Fsp3) is 0.577. The van der Waals surface area contributed by atoms with Gasteiger partial charge in [0.1, 0.15) is 6.26 Å². The van der Waals surface area contributed by atoms with E-state index in [1.807, 2.05) is 0 Å². The summed E-state index contributed by atoms with van der Waals surface area (Å²) in [4.78, 5) is 33.7. The molecule has 1 saturated heterocycles. The smallest absolute Gasteiger partial charge is 0.310 e. The number of rotatable bonds is 9. The molecule has 33 heavy (non-hydrogen) atoms. The molecule has 2 unspecified atom stereocenters. The minimum atomic E-state index is -0.272. The first kappa shape index (κ1) is 25.0. The number of amides is 1. The number of hydrogen-bond acceptors (Lipinski definition) is 6. The van der Waals surface area contributed by atoms with E-state index in [0.29, 0.717) is 49.8 Å². The van der Waals surface area contributed by atoms with E-state index < -0.39 is 0 Å². The number of esters is 1. The number of aromatic nitrogens is 1. The summed E-state index contributed by atoms with van der Waals surface area (Å²) in [6.07, 6.45) is 2.96. The maximum Gasteiger partial charge on any atom is 0.310 e. The molecule has 2 aromatic rings. The largest absolute Gasteiger partial charge is 0.466 e. The highest BCUT2D eigenvalue weighted by Crippen LogP contribution is 2.22. The average molecular weight is 456 g/mol. The molecule has 1 aromatic heterocycles. The third kappa shape index (κ3) is 6.67. The van der Waals surface area contributed by atoms with E-state index >= 15 is 0 Å². The molecule has 3 rings (SSSR count). The number of oxazole rings is 1. The second-order valence-corrected chi connectivity index (χ2v) is 9.34. The van der Waals surface area contributed by atoms with Crippen molar-refractivity contribution in [1.82, 2.24) is 14.8 Å². The summed E-state index contributed by atoms with van der Waals surface area (Å²) >= 11 is 0. The van der Waals surface area contributed by atoms with Crippen LogP contribution in [0.25, 0.3) is 0 Å². The number of aryl methyl sites for hydroxylation is 1. The highest BCUT2D eigenvalue weighted by molar-refractivity contribution is 5.92. The summed E-state index contributed by atoms with van der Waals surface area (Å²) in [6.45, 7) is 13.1. The van der Waals surface area contributed by atoms with Crippen molar-refractivity contribution in [1.29, 1.82) is 0 Å². The Kier molecular flexibility index (Phi) is 8.67. The molecule has 0 N–H and O–H groups in total. The molecule has 0 radical (unpaired) electrons. The first-order chi connectivity index (χ1) is 15.8. The van der Waals surface area contributed by atoms with Crippen molar-refractivity contribution in [2.45, 2.75) is 66.6 Å². The molecule has 2 heterocycles. The number of carbonyl (C=O) groups is 2. The van der Waals surface area contributed by atoms with Crippen LogP contribution in [-0.2, 0) is 22.6 Å². The second-order valence-electron chi connectivity index (χ2n) is 9.34. The maximum absolute atomic E-state index is 13.0. The van der Waals surface area contributed by atoms with Crippen molar-refractivity contribution >= 4 is 11.9 Å². The monoisotopic (exact) mass is 455 g/mol. The van der Waals surface area contributed by atoms with Crippen LogP contribution in [0.5, 0.6) is 0 Å². The molecule has 1 fully saturated rings. The van der Waals surface area contributed by atoms with Crippen LogP contribution in [0.4, 0.5) is 0 Å². The van der Waals surface area contributed by atoms with Gasteiger partial charge in [-0.15, -0.1) is 0 Å². The van der Waals surface area contributed by atoms with Gasteiger partial charge in [0.2, 0.25) is 5.89 Å². The zero-order chi connectivity index (χ0) is 24.0. The molecule has 1 amide bonds. The van der Waals surface area contributed by atoms with Gasteiger partial charge in [0.25, 0.3) is 5.91 Å². The van der Waals surface area contributed by atoms with Crippen LogP contribution < -0.4 is 0 Å². The number of hydrogen-bond donors (Lipinski definition) is 0. The summed E-state index contributed by atoms with van der Waals surface area (Å²) in [6, 6.07) is 8.85. The zero-order valence-electron chi connectivity index (χ0n) is 20.5. The van der Waals surface area contributed by atoms with Gasteiger partial charge in [0.05, 0.1) is 19.1 Å². The summed E-state index contributed by atoms with van der Waals surface area (Å²) in [5.74, 6) is 0.286. The van der Waals surface area contributed by atoms with Gasteiger partial charge < -0.3 is 14.1 Å². The van der Waals surface area contributed by atoms with Gasteiger partial charge in [-0.25, -0.2) is 4.98 Å². The van der Waals surface area contributed by atoms with E-state index in [9.17, 15) is 9.59 Å². The zero-order valence-corrected chi connectivity index (χ0v) is 20.5. The highest BCUT2D eigenvalue weighted by Gasteiger charge is 2.31. The molecule has 0 aliphatic carbocycles. The minimum absolute atomic E-state index is 0.194. The van der Waals surface area contributed by atoms with Crippen LogP contribution >= 0.6 is 0 Å². The number of likely N-dealkylation sites (tertiary alicyclic amines) is 1. The Balaban J connectivity index is 1.68. The summed E-state index contributed by atoms with van der Waals surface area (Å²) in [7, 11) is 0. The standard InChI is InChI=1S/C26H37N3O4/c1-6-32-26(31)22-8-7-13-28(15-22)25(30)23-17-33-24(27-23)16-29(20(5)18(2)3)14-21-11-9-19(4)10-12-21/h9-12,17-18,20,22H,6-8,13-16H2,1-5H3. The summed E-state index contributed by atoms with van der Waals surface area (Å²) < 4.78 is 10.9. The molecule has 2 atom stereocenters.